The molecule has 1 saturated heterocycles. The molecule has 1 fully saturated rings. The van der Waals surface area contributed by atoms with Crippen LogP contribution in [0.2, 0.25) is 0 Å². The number of amides is 2. The summed E-state index contributed by atoms with van der Waals surface area (Å²) in [7, 11) is 0. The Hall–Kier alpha value is -3.34. The van der Waals surface area contributed by atoms with E-state index in [1.54, 1.807) is 6.92 Å². The number of halogens is 3. The summed E-state index contributed by atoms with van der Waals surface area (Å²) in [5.74, 6) is -4.52. The van der Waals surface area contributed by atoms with E-state index in [4.69, 9.17) is 0 Å². The lowest BCUT2D eigenvalue weighted by Crippen LogP contribution is -2.53. The third kappa shape index (κ3) is 3.73. The third-order valence-electron chi connectivity index (χ3n) is 6.71. The van der Waals surface area contributed by atoms with E-state index in [0.29, 0.717) is 12.0 Å². The molecule has 2 aliphatic heterocycles. The van der Waals surface area contributed by atoms with Gasteiger partial charge >= 0.3 is 0 Å². The van der Waals surface area contributed by atoms with Crippen molar-refractivity contribution < 1.29 is 33.0 Å². The Balaban J connectivity index is 1.75. The van der Waals surface area contributed by atoms with Crippen LogP contribution in [-0.2, 0) is 6.54 Å². The molecule has 2 bridgehead atoms. The Morgan fingerprint density at radius 2 is 1.91 bits per heavy atom. The second-order valence-electron chi connectivity index (χ2n) is 8.96. The van der Waals surface area contributed by atoms with Crippen molar-refractivity contribution in [2.24, 2.45) is 0 Å². The summed E-state index contributed by atoms with van der Waals surface area (Å²) in [5, 5.41) is 23.8. The van der Waals surface area contributed by atoms with Crippen LogP contribution in [0.15, 0.2) is 23.1 Å². The molecule has 11 heteroatoms. The minimum Gasteiger partial charge on any atom is -0.503 e. The number of aromatic hydroxyl groups is 1. The number of rotatable bonds is 4. The highest BCUT2D eigenvalue weighted by Gasteiger charge is 2.49. The van der Waals surface area contributed by atoms with Gasteiger partial charge in [0, 0.05) is 30.9 Å². The number of hydrogen-bond acceptors (Lipinski definition) is 5. The van der Waals surface area contributed by atoms with Crippen LogP contribution in [-0.4, -0.2) is 56.4 Å². The van der Waals surface area contributed by atoms with Crippen LogP contribution < -0.4 is 10.7 Å². The van der Waals surface area contributed by atoms with Gasteiger partial charge in [0.1, 0.15) is 29.5 Å². The average molecular weight is 479 g/mol. The lowest BCUT2D eigenvalue weighted by atomic mass is 9.89. The fourth-order valence-corrected chi connectivity index (χ4v) is 4.64. The Morgan fingerprint density at radius 1 is 1.26 bits per heavy atom. The monoisotopic (exact) mass is 479 g/mol. The molecule has 1 aromatic heterocycles. The normalized spacial score (nSPS) is 23.9. The van der Waals surface area contributed by atoms with Crippen LogP contribution in [0.5, 0.6) is 5.75 Å². The topological polar surface area (TPSA) is 112 Å². The van der Waals surface area contributed by atoms with E-state index in [0.717, 1.165) is 22.9 Å². The summed E-state index contributed by atoms with van der Waals surface area (Å²) in [6, 6.07) is 0.736. The zero-order valence-electron chi connectivity index (χ0n) is 18.6. The molecule has 3 atom stereocenters. The van der Waals surface area contributed by atoms with Gasteiger partial charge in [-0.2, -0.15) is 0 Å². The second kappa shape index (κ2) is 8.46. The molecule has 1 aromatic carbocycles. The number of pyridine rings is 1. The van der Waals surface area contributed by atoms with E-state index < -0.39 is 76.3 Å². The van der Waals surface area contributed by atoms with Crippen LogP contribution in [0, 0.1) is 18.6 Å². The number of aliphatic hydroxyl groups is 1. The lowest BCUT2D eigenvalue weighted by Gasteiger charge is -2.41. The second-order valence-corrected chi connectivity index (χ2v) is 8.96. The van der Waals surface area contributed by atoms with Crippen molar-refractivity contribution in [1.82, 2.24) is 14.8 Å². The Labute approximate surface area is 192 Å². The maximum Gasteiger partial charge on any atom is 0.274 e. The van der Waals surface area contributed by atoms with E-state index in [1.807, 2.05) is 0 Å². The van der Waals surface area contributed by atoms with Crippen molar-refractivity contribution in [1.29, 1.82) is 0 Å². The van der Waals surface area contributed by atoms with Crippen molar-refractivity contribution in [3.8, 4) is 5.75 Å². The van der Waals surface area contributed by atoms with Gasteiger partial charge in [-0.1, -0.05) is 0 Å². The van der Waals surface area contributed by atoms with Crippen molar-refractivity contribution in [2.45, 2.75) is 50.9 Å². The number of aromatic nitrogens is 1. The Kier molecular flexibility index (Phi) is 5.92. The van der Waals surface area contributed by atoms with Crippen LogP contribution in [0.1, 0.15) is 57.8 Å². The molecular formula is C23H24F3N3O5. The first-order valence-electron chi connectivity index (χ1n) is 10.8. The molecule has 0 unspecified atom stereocenters. The fourth-order valence-electron chi connectivity index (χ4n) is 4.64. The van der Waals surface area contributed by atoms with Gasteiger partial charge in [0.05, 0.1) is 6.04 Å². The highest BCUT2D eigenvalue weighted by molar-refractivity contribution is 5.99. The van der Waals surface area contributed by atoms with Crippen molar-refractivity contribution in [2.75, 3.05) is 13.2 Å². The van der Waals surface area contributed by atoms with Crippen LogP contribution in [0.4, 0.5) is 13.2 Å². The molecule has 0 saturated carbocycles. The van der Waals surface area contributed by atoms with Crippen LogP contribution >= 0.6 is 0 Å². The number of carbonyl (C=O) groups is 2. The zero-order chi connectivity index (χ0) is 24.9. The zero-order valence-corrected chi connectivity index (χ0v) is 18.6. The number of fused-ring (bicyclic) bond motifs is 4. The van der Waals surface area contributed by atoms with Gasteiger partial charge in [0.2, 0.25) is 5.43 Å². The van der Waals surface area contributed by atoms with Crippen molar-refractivity contribution in [3.63, 3.8) is 0 Å². The summed E-state index contributed by atoms with van der Waals surface area (Å²) >= 11 is 0. The molecule has 4 rings (SSSR count). The van der Waals surface area contributed by atoms with Crippen molar-refractivity contribution in [3.05, 3.63) is 62.6 Å². The van der Waals surface area contributed by atoms with Gasteiger partial charge < -0.3 is 25.0 Å². The average Bonchev–Trinajstić information content (AvgIpc) is 2.89. The van der Waals surface area contributed by atoms with Gasteiger partial charge in [0.15, 0.2) is 11.4 Å². The molecule has 0 radical (unpaired) electrons. The summed E-state index contributed by atoms with van der Waals surface area (Å²) in [6.07, 6.45) is 1.28. The minimum absolute atomic E-state index is 0.0128. The summed E-state index contributed by atoms with van der Waals surface area (Å²) in [6.45, 7) is 1.40. The molecule has 34 heavy (non-hydrogen) atoms. The minimum atomic E-state index is -1.90. The smallest absolute Gasteiger partial charge is 0.274 e. The van der Waals surface area contributed by atoms with Crippen LogP contribution in [0.3, 0.4) is 0 Å². The maximum absolute atomic E-state index is 14.1. The molecular weight excluding hydrogens is 455 g/mol. The lowest BCUT2D eigenvalue weighted by molar-refractivity contribution is -0.0418. The summed E-state index contributed by atoms with van der Waals surface area (Å²) in [5.41, 5.74) is -4.21. The van der Waals surface area contributed by atoms with Gasteiger partial charge in [-0.3, -0.25) is 14.4 Å². The Morgan fingerprint density at radius 3 is 2.53 bits per heavy atom. The number of hydrogen-bond donors (Lipinski definition) is 3. The molecule has 2 amide bonds. The first kappa shape index (κ1) is 23.8. The van der Waals surface area contributed by atoms with E-state index in [1.165, 1.54) is 11.8 Å². The SMILES string of the molecule is Cc1cc(F)c(CNC(=O)c2cn3c(c(O)c2=O)C(=O)N2C[C@@H]3[C@](O)(CF)CC[C@@H]2C)c(F)c1. The number of carbonyl (C=O) groups excluding carboxylic acids is 2. The standard InChI is InChI=1S/C23H24F3N3O5/c1-11-5-15(25)13(16(26)6-11)7-27-21(32)14-8-29-17-9-28(12(2)3-4-23(17,34)10-24)22(33)18(29)20(31)19(14)30/h5-6,8,12,17,31,34H,3-4,7,9-10H2,1-2H3,(H,27,32)/t12-,17+,23+/m0/s1. The molecule has 3 N–H and O–H groups in total. The quantitative estimate of drug-likeness (QED) is 0.621. The molecule has 2 aromatic rings. The highest BCUT2D eigenvalue weighted by Crippen LogP contribution is 2.40. The van der Waals surface area contributed by atoms with E-state index in [2.05, 4.69) is 5.32 Å². The van der Waals surface area contributed by atoms with E-state index in [9.17, 15) is 37.8 Å². The summed E-state index contributed by atoms with van der Waals surface area (Å²) in [4.78, 5) is 39.9. The molecule has 182 valence electrons. The largest absolute Gasteiger partial charge is 0.503 e. The highest BCUT2D eigenvalue weighted by atomic mass is 19.1. The third-order valence-corrected chi connectivity index (χ3v) is 6.71. The summed E-state index contributed by atoms with van der Waals surface area (Å²) < 4.78 is 43.2. The van der Waals surface area contributed by atoms with Gasteiger partial charge in [-0.05, 0) is 44.4 Å². The molecule has 8 nitrogen and oxygen atoms in total. The number of alkyl halides is 1. The number of nitrogens with zero attached hydrogens (tertiary/aromatic N) is 2. The van der Waals surface area contributed by atoms with Crippen LogP contribution in [0.25, 0.3) is 0 Å². The van der Waals surface area contributed by atoms with Gasteiger partial charge in [-0.15, -0.1) is 0 Å². The number of nitrogens with one attached hydrogen (secondary N) is 1. The first-order valence-corrected chi connectivity index (χ1v) is 10.8. The van der Waals surface area contributed by atoms with Crippen molar-refractivity contribution >= 4 is 11.8 Å². The molecule has 2 aliphatic rings. The maximum atomic E-state index is 14.1. The van der Waals surface area contributed by atoms with Gasteiger partial charge in [0.25, 0.3) is 11.8 Å². The molecule has 0 spiro atoms. The number of aryl methyl sites for hydroxylation is 1. The molecule has 3 heterocycles. The fraction of sp³-hybridized carbons (Fsp3) is 0.435. The first-order chi connectivity index (χ1) is 16.0. The van der Waals surface area contributed by atoms with E-state index >= 15 is 0 Å². The Bertz CT molecular complexity index is 1220. The predicted molar refractivity (Wildman–Crippen MR) is 114 cm³/mol. The van der Waals surface area contributed by atoms with Gasteiger partial charge in [-0.25, -0.2) is 13.2 Å². The predicted octanol–water partition coefficient (Wildman–Crippen LogP) is 1.95. The van der Waals surface area contributed by atoms with E-state index in [-0.39, 0.29) is 19.0 Å². The molecule has 0 aliphatic carbocycles. The number of benzene rings is 1.